The number of hydrogen-bond donors (Lipinski definition) is 0. The summed E-state index contributed by atoms with van der Waals surface area (Å²) in [6.07, 6.45) is 3.37. The maximum absolute atomic E-state index is 11.5. The predicted molar refractivity (Wildman–Crippen MR) is 62.3 cm³/mol. The first-order valence-corrected chi connectivity index (χ1v) is 5.44. The largest absolute Gasteiger partial charge is 0.462 e. The molecule has 88 valence electrons. The van der Waals surface area contributed by atoms with E-state index >= 15 is 0 Å². The van der Waals surface area contributed by atoms with Crippen LogP contribution in [0.5, 0.6) is 0 Å². The first-order chi connectivity index (χ1) is 8.22. The standard InChI is InChI=1S/C11H10ClN3O2/c1-2-17-11(16)8-4-5-9(14-10(8)12)15-7-3-6-13-15/h3-7H,2H2,1H3. The van der Waals surface area contributed by atoms with E-state index in [1.807, 2.05) is 0 Å². The molecule has 0 unspecified atom stereocenters. The molecule has 0 N–H and O–H groups in total. The van der Waals surface area contributed by atoms with E-state index in [9.17, 15) is 4.79 Å². The minimum absolute atomic E-state index is 0.108. The zero-order valence-electron chi connectivity index (χ0n) is 9.13. The van der Waals surface area contributed by atoms with Gasteiger partial charge < -0.3 is 4.74 Å². The molecule has 0 amide bonds. The Balaban J connectivity index is 2.32. The quantitative estimate of drug-likeness (QED) is 0.619. The van der Waals surface area contributed by atoms with Gasteiger partial charge in [0.15, 0.2) is 5.82 Å². The maximum atomic E-state index is 11.5. The monoisotopic (exact) mass is 251 g/mol. The van der Waals surface area contributed by atoms with Crippen LogP contribution in [0.3, 0.4) is 0 Å². The molecule has 0 saturated heterocycles. The van der Waals surface area contributed by atoms with Crippen molar-refractivity contribution < 1.29 is 9.53 Å². The highest BCUT2D eigenvalue weighted by atomic mass is 35.5. The van der Waals surface area contributed by atoms with Crippen molar-refractivity contribution in [3.8, 4) is 5.82 Å². The van der Waals surface area contributed by atoms with E-state index in [1.165, 1.54) is 0 Å². The second kappa shape index (κ2) is 4.97. The van der Waals surface area contributed by atoms with Crippen molar-refractivity contribution in [3.05, 3.63) is 41.3 Å². The predicted octanol–water partition coefficient (Wildman–Crippen LogP) is 2.10. The molecular weight excluding hydrogens is 242 g/mol. The fourth-order valence-corrected chi connectivity index (χ4v) is 1.54. The van der Waals surface area contributed by atoms with Gasteiger partial charge in [-0.1, -0.05) is 11.6 Å². The van der Waals surface area contributed by atoms with E-state index in [-0.39, 0.29) is 10.7 Å². The smallest absolute Gasteiger partial charge is 0.341 e. The number of hydrogen-bond acceptors (Lipinski definition) is 4. The molecule has 0 saturated carbocycles. The minimum Gasteiger partial charge on any atom is -0.462 e. The molecule has 2 aromatic heterocycles. The maximum Gasteiger partial charge on any atom is 0.341 e. The van der Waals surface area contributed by atoms with Crippen LogP contribution in [0.15, 0.2) is 30.6 Å². The molecule has 0 radical (unpaired) electrons. The molecule has 5 nitrogen and oxygen atoms in total. The Morgan fingerprint density at radius 3 is 2.94 bits per heavy atom. The molecule has 0 atom stereocenters. The van der Waals surface area contributed by atoms with E-state index in [0.717, 1.165) is 0 Å². The lowest BCUT2D eigenvalue weighted by molar-refractivity contribution is 0.0526. The molecule has 0 aliphatic heterocycles. The highest BCUT2D eigenvalue weighted by Gasteiger charge is 2.13. The van der Waals surface area contributed by atoms with Gasteiger partial charge in [0.25, 0.3) is 0 Å². The molecule has 0 bridgehead atoms. The Hall–Kier alpha value is -1.88. The number of rotatable bonds is 3. The Labute approximate surface area is 103 Å². The van der Waals surface area contributed by atoms with Gasteiger partial charge in [0.2, 0.25) is 0 Å². The van der Waals surface area contributed by atoms with E-state index in [1.54, 1.807) is 42.2 Å². The van der Waals surface area contributed by atoms with Gasteiger partial charge in [-0.25, -0.2) is 14.5 Å². The van der Waals surface area contributed by atoms with Crippen LogP contribution >= 0.6 is 11.6 Å². The summed E-state index contributed by atoms with van der Waals surface area (Å²) >= 11 is 5.92. The van der Waals surface area contributed by atoms with Crippen LogP contribution in [0.2, 0.25) is 5.15 Å². The van der Waals surface area contributed by atoms with Crippen LogP contribution in [-0.4, -0.2) is 27.3 Å². The number of carbonyl (C=O) groups is 1. The summed E-state index contributed by atoms with van der Waals surface area (Å²) in [4.78, 5) is 15.6. The van der Waals surface area contributed by atoms with Crippen molar-refractivity contribution in [1.82, 2.24) is 14.8 Å². The van der Waals surface area contributed by atoms with Crippen LogP contribution in [0.25, 0.3) is 5.82 Å². The van der Waals surface area contributed by atoms with Gasteiger partial charge in [-0.3, -0.25) is 0 Å². The molecule has 2 heterocycles. The lowest BCUT2D eigenvalue weighted by Crippen LogP contribution is -2.08. The highest BCUT2D eigenvalue weighted by molar-refractivity contribution is 6.32. The summed E-state index contributed by atoms with van der Waals surface area (Å²) < 4.78 is 6.41. The first kappa shape index (κ1) is 11.6. The van der Waals surface area contributed by atoms with Gasteiger partial charge in [0.05, 0.1) is 12.2 Å². The fraction of sp³-hybridized carbons (Fsp3) is 0.182. The SMILES string of the molecule is CCOC(=O)c1ccc(-n2cccn2)nc1Cl. The van der Waals surface area contributed by atoms with E-state index in [2.05, 4.69) is 10.1 Å². The van der Waals surface area contributed by atoms with Gasteiger partial charge in [-0.05, 0) is 25.1 Å². The van der Waals surface area contributed by atoms with Crippen molar-refractivity contribution >= 4 is 17.6 Å². The summed E-state index contributed by atoms with van der Waals surface area (Å²) in [5.74, 6) is 0.0741. The lowest BCUT2D eigenvalue weighted by Gasteiger charge is -2.05. The average molecular weight is 252 g/mol. The number of halogens is 1. The fourth-order valence-electron chi connectivity index (χ4n) is 1.32. The Morgan fingerprint density at radius 2 is 2.35 bits per heavy atom. The molecule has 0 aliphatic carbocycles. The van der Waals surface area contributed by atoms with Crippen LogP contribution in [0, 0.1) is 0 Å². The van der Waals surface area contributed by atoms with Crippen molar-refractivity contribution in [2.24, 2.45) is 0 Å². The Morgan fingerprint density at radius 1 is 1.53 bits per heavy atom. The normalized spacial score (nSPS) is 10.2. The molecule has 6 heteroatoms. The molecule has 2 aromatic rings. The van der Waals surface area contributed by atoms with Gasteiger partial charge in [-0.15, -0.1) is 0 Å². The number of nitrogens with zero attached hydrogens (tertiary/aromatic N) is 3. The van der Waals surface area contributed by atoms with Crippen molar-refractivity contribution in [3.63, 3.8) is 0 Å². The van der Waals surface area contributed by atoms with E-state index in [0.29, 0.717) is 12.4 Å². The highest BCUT2D eigenvalue weighted by Crippen LogP contribution is 2.16. The van der Waals surface area contributed by atoms with Gasteiger partial charge in [0, 0.05) is 12.4 Å². The molecule has 0 spiro atoms. The van der Waals surface area contributed by atoms with Crippen molar-refractivity contribution in [2.45, 2.75) is 6.92 Å². The first-order valence-electron chi connectivity index (χ1n) is 5.06. The number of carbonyl (C=O) groups excluding carboxylic acids is 1. The van der Waals surface area contributed by atoms with Crippen molar-refractivity contribution in [2.75, 3.05) is 6.61 Å². The molecule has 2 rings (SSSR count). The summed E-state index contributed by atoms with van der Waals surface area (Å²) in [7, 11) is 0. The second-order valence-electron chi connectivity index (χ2n) is 3.18. The summed E-state index contributed by atoms with van der Waals surface area (Å²) in [6, 6.07) is 5.00. The molecule has 0 aliphatic rings. The van der Waals surface area contributed by atoms with Crippen LogP contribution < -0.4 is 0 Å². The Bertz CT molecular complexity index is 526. The third-order valence-electron chi connectivity index (χ3n) is 2.07. The minimum atomic E-state index is -0.475. The third kappa shape index (κ3) is 2.45. The zero-order chi connectivity index (χ0) is 12.3. The summed E-state index contributed by atoms with van der Waals surface area (Å²) in [5.41, 5.74) is 0.254. The van der Waals surface area contributed by atoms with E-state index < -0.39 is 5.97 Å². The second-order valence-corrected chi connectivity index (χ2v) is 3.54. The van der Waals surface area contributed by atoms with Crippen LogP contribution in [0.4, 0.5) is 0 Å². The number of aromatic nitrogens is 3. The average Bonchev–Trinajstić information content (AvgIpc) is 2.82. The van der Waals surface area contributed by atoms with Crippen molar-refractivity contribution in [1.29, 1.82) is 0 Å². The van der Waals surface area contributed by atoms with Crippen LogP contribution in [0.1, 0.15) is 17.3 Å². The molecule has 0 fully saturated rings. The molecule has 0 aromatic carbocycles. The Kier molecular flexibility index (Phi) is 3.39. The lowest BCUT2D eigenvalue weighted by atomic mass is 10.3. The van der Waals surface area contributed by atoms with Gasteiger partial charge in [-0.2, -0.15) is 5.10 Å². The number of pyridine rings is 1. The zero-order valence-corrected chi connectivity index (χ0v) is 9.89. The van der Waals surface area contributed by atoms with Gasteiger partial charge in [0.1, 0.15) is 5.15 Å². The number of ether oxygens (including phenoxy) is 1. The molecule has 17 heavy (non-hydrogen) atoms. The topological polar surface area (TPSA) is 57.0 Å². The van der Waals surface area contributed by atoms with Crippen LogP contribution in [-0.2, 0) is 4.74 Å². The number of esters is 1. The molecular formula is C11H10ClN3O2. The van der Waals surface area contributed by atoms with E-state index in [4.69, 9.17) is 16.3 Å². The third-order valence-corrected chi connectivity index (χ3v) is 2.36. The summed E-state index contributed by atoms with van der Waals surface area (Å²) in [5, 5.41) is 4.13. The summed E-state index contributed by atoms with van der Waals surface area (Å²) in [6.45, 7) is 2.04. The van der Waals surface area contributed by atoms with Gasteiger partial charge >= 0.3 is 5.97 Å².